The summed E-state index contributed by atoms with van der Waals surface area (Å²) in [6.07, 6.45) is 2.99. The molecule has 0 bridgehead atoms. The van der Waals surface area contributed by atoms with Crippen molar-refractivity contribution in [2.24, 2.45) is 0 Å². The van der Waals surface area contributed by atoms with E-state index in [1.165, 1.54) is 19.5 Å². The van der Waals surface area contributed by atoms with Gasteiger partial charge in [0.1, 0.15) is 0 Å². The van der Waals surface area contributed by atoms with Crippen molar-refractivity contribution in [3.63, 3.8) is 0 Å². The molecule has 10 heavy (non-hydrogen) atoms. The van der Waals surface area contributed by atoms with Crippen molar-refractivity contribution in [1.29, 1.82) is 0 Å². The number of nitrogen functional groups attached to an aromatic ring is 2. The minimum absolute atomic E-state index is 0.461. The van der Waals surface area contributed by atoms with Crippen LogP contribution in [-0.4, -0.2) is 12.1 Å². The Kier molecular flexibility index (Phi) is 1.62. The van der Waals surface area contributed by atoms with Crippen LogP contribution >= 0.6 is 0 Å². The predicted octanol–water partition coefficient (Wildman–Crippen LogP) is 0.255. The number of ether oxygens (including phenoxy) is 1. The van der Waals surface area contributed by atoms with Gasteiger partial charge < -0.3 is 16.2 Å². The lowest BCUT2D eigenvalue weighted by atomic mass is 10.3. The summed E-state index contributed by atoms with van der Waals surface area (Å²) in [5.41, 5.74) is 11.9. The third-order valence-electron chi connectivity index (χ3n) is 1.16. The number of pyridine rings is 1. The average molecular weight is 139 g/mol. The zero-order valence-corrected chi connectivity index (χ0v) is 5.66. The molecule has 0 amide bonds. The van der Waals surface area contributed by atoms with Gasteiger partial charge in [0.2, 0.25) is 0 Å². The molecule has 0 aromatic carbocycles. The fourth-order valence-corrected chi connectivity index (χ4v) is 0.717. The van der Waals surface area contributed by atoms with E-state index >= 15 is 0 Å². The SMILES string of the molecule is COc1c(N)cncc1N. The molecule has 1 rings (SSSR count). The van der Waals surface area contributed by atoms with Crippen LogP contribution in [0.1, 0.15) is 0 Å². The Morgan fingerprint density at radius 2 is 1.80 bits per heavy atom. The van der Waals surface area contributed by atoms with Gasteiger partial charge in [0.25, 0.3) is 0 Å². The van der Waals surface area contributed by atoms with E-state index in [4.69, 9.17) is 16.2 Å². The number of nitrogens with two attached hydrogens (primary N) is 2. The van der Waals surface area contributed by atoms with Gasteiger partial charge in [-0.2, -0.15) is 0 Å². The number of hydrogen-bond acceptors (Lipinski definition) is 4. The summed E-state index contributed by atoms with van der Waals surface area (Å²) >= 11 is 0. The molecule has 0 saturated heterocycles. The third kappa shape index (κ3) is 0.953. The standard InChI is InChI=1S/C6H9N3O/c1-10-6-4(7)2-9-3-5(6)8/h2-3H,7-8H2,1H3. The number of methoxy groups -OCH3 is 1. The molecule has 54 valence electrons. The second kappa shape index (κ2) is 2.43. The number of anilines is 2. The number of nitrogens with zero attached hydrogens (tertiary/aromatic N) is 1. The van der Waals surface area contributed by atoms with Crippen LogP contribution in [0.4, 0.5) is 11.4 Å². The summed E-state index contributed by atoms with van der Waals surface area (Å²) in [6, 6.07) is 0. The lowest BCUT2D eigenvalue weighted by Gasteiger charge is -2.04. The van der Waals surface area contributed by atoms with Gasteiger partial charge in [-0.3, -0.25) is 4.98 Å². The minimum atomic E-state index is 0.461. The first kappa shape index (κ1) is 6.67. The molecular weight excluding hydrogens is 130 g/mol. The van der Waals surface area contributed by atoms with Crippen molar-refractivity contribution >= 4 is 11.4 Å². The molecule has 0 spiro atoms. The molecule has 0 atom stereocenters. The second-order valence-electron chi connectivity index (χ2n) is 1.85. The molecule has 4 nitrogen and oxygen atoms in total. The Bertz CT molecular complexity index is 216. The number of rotatable bonds is 1. The molecule has 0 saturated carbocycles. The van der Waals surface area contributed by atoms with E-state index in [9.17, 15) is 0 Å². The highest BCUT2D eigenvalue weighted by Crippen LogP contribution is 2.25. The zero-order chi connectivity index (χ0) is 7.56. The summed E-state index contributed by atoms with van der Waals surface area (Å²) in [6.45, 7) is 0. The molecule has 0 aliphatic heterocycles. The smallest absolute Gasteiger partial charge is 0.167 e. The van der Waals surface area contributed by atoms with Crippen molar-refractivity contribution < 1.29 is 4.74 Å². The molecule has 0 aliphatic rings. The molecule has 0 aliphatic carbocycles. The van der Waals surface area contributed by atoms with E-state index in [-0.39, 0.29) is 0 Å². The van der Waals surface area contributed by atoms with Crippen molar-refractivity contribution in [3.8, 4) is 5.75 Å². The molecular formula is C6H9N3O. The average Bonchev–Trinajstić information content (AvgIpc) is 1.88. The Hall–Kier alpha value is -1.45. The molecule has 0 unspecified atom stereocenters. The highest BCUT2D eigenvalue weighted by Gasteiger charge is 2.01. The molecule has 0 fully saturated rings. The fraction of sp³-hybridized carbons (Fsp3) is 0.167. The Balaban J connectivity index is 3.17. The summed E-state index contributed by atoms with van der Waals surface area (Å²) in [5.74, 6) is 0.495. The molecule has 0 radical (unpaired) electrons. The summed E-state index contributed by atoms with van der Waals surface area (Å²) < 4.78 is 4.89. The molecule has 4 N–H and O–H groups in total. The lowest BCUT2D eigenvalue weighted by molar-refractivity contribution is 0.418. The molecule has 4 heteroatoms. The normalized spacial score (nSPS) is 9.30. The van der Waals surface area contributed by atoms with E-state index in [1.807, 2.05) is 0 Å². The van der Waals surface area contributed by atoms with Crippen LogP contribution in [0.25, 0.3) is 0 Å². The van der Waals surface area contributed by atoms with Crippen molar-refractivity contribution in [2.75, 3.05) is 18.6 Å². The first-order chi connectivity index (χ1) is 4.75. The molecule has 1 aromatic rings. The quantitative estimate of drug-likeness (QED) is 0.585. The molecule has 1 aromatic heterocycles. The van der Waals surface area contributed by atoms with Crippen LogP contribution in [0.5, 0.6) is 5.75 Å². The van der Waals surface area contributed by atoms with E-state index < -0.39 is 0 Å². The summed E-state index contributed by atoms with van der Waals surface area (Å²) in [4.78, 5) is 3.76. The van der Waals surface area contributed by atoms with Crippen LogP contribution in [0, 0.1) is 0 Å². The van der Waals surface area contributed by atoms with Crippen LogP contribution in [0.3, 0.4) is 0 Å². The Morgan fingerprint density at radius 1 is 1.30 bits per heavy atom. The predicted molar refractivity (Wildman–Crippen MR) is 39.6 cm³/mol. The van der Waals surface area contributed by atoms with Gasteiger partial charge in [-0.15, -0.1) is 0 Å². The van der Waals surface area contributed by atoms with E-state index in [0.29, 0.717) is 17.1 Å². The first-order valence-electron chi connectivity index (χ1n) is 2.78. The van der Waals surface area contributed by atoms with E-state index in [1.54, 1.807) is 0 Å². The van der Waals surface area contributed by atoms with Crippen LogP contribution in [0.2, 0.25) is 0 Å². The largest absolute Gasteiger partial charge is 0.492 e. The van der Waals surface area contributed by atoms with Crippen LogP contribution in [-0.2, 0) is 0 Å². The van der Waals surface area contributed by atoms with Crippen LogP contribution < -0.4 is 16.2 Å². The summed E-state index contributed by atoms with van der Waals surface area (Å²) in [5, 5.41) is 0. The van der Waals surface area contributed by atoms with Gasteiger partial charge in [-0.05, 0) is 0 Å². The van der Waals surface area contributed by atoms with Gasteiger partial charge in [0, 0.05) is 0 Å². The van der Waals surface area contributed by atoms with Gasteiger partial charge in [-0.25, -0.2) is 0 Å². The zero-order valence-electron chi connectivity index (χ0n) is 5.66. The summed E-state index contributed by atoms with van der Waals surface area (Å²) in [7, 11) is 1.52. The minimum Gasteiger partial charge on any atom is -0.492 e. The maximum absolute atomic E-state index is 5.46. The maximum atomic E-state index is 5.46. The van der Waals surface area contributed by atoms with Gasteiger partial charge in [0.05, 0.1) is 30.9 Å². The topological polar surface area (TPSA) is 74.2 Å². The van der Waals surface area contributed by atoms with Crippen molar-refractivity contribution in [3.05, 3.63) is 12.4 Å². The Morgan fingerprint density at radius 3 is 2.10 bits per heavy atom. The van der Waals surface area contributed by atoms with E-state index in [0.717, 1.165) is 0 Å². The first-order valence-corrected chi connectivity index (χ1v) is 2.78. The third-order valence-corrected chi connectivity index (χ3v) is 1.16. The second-order valence-corrected chi connectivity index (χ2v) is 1.85. The van der Waals surface area contributed by atoms with Gasteiger partial charge in [-0.1, -0.05) is 0 Å². The van der Waals surface area contributed by atoms with Crippen LogP contribution in [0.15, 0.2) is 12.4 Å². The highest BCUT2D eigenvalue weighted by atomic mass is 16.5. The number of aromatic nitrogens is 1. The molecule has 1 heterocycles. The van der Waals surface area contributed by atoms with Gasteiger partial charge >= 0.3 is 0 Å². The highest BCUT2D eigenvalue weighted by molar-refractivity contribution is 5.64. The van der Waals surface area contributed by atoms with Gasteiger partial charge in [0.15, 0.2) is 5.75 Å². The number of hydrogen-bond donors (Lipinski definition) is 2. The van der Waals surface area contributed by atoms with Crippen molar-refractivity contribution in [1.82, 2.24) is 4.98 Å². The maximum Gasteiger partial charge on any atom is 0.167 e. The van der Waals surface area contributed by atoms with E-state index in [2.05, 4.69) is 4.98 Å². The Labute approximate surface area is 58.8 Å². The lowest BCUT2D eigenvalue weighted by Crippen LogP contribution is -1.97. The monoisotopic (exact) mass is 139 g/mol. The fourth-order valence-electron chi connectivity index (χ4n) is 0.717. The van der Waals surface area contributed by atoms with Crippen molar-refractivity contribution in [2.45, 2.75) is 0 Å².